The third kappa shape index (κ3) is 4.33. The van der Waals surface area contributed by atoms with Crippen molar-refractivity contribution in [2.24, 2.45) is 5.73 Å². The summed E-state index contributed by atoms with van der Waals surface area (Å²) in [7, 11) is 0. The van der Waals surface area contributed by atoms with E-state index in [-0.39, 0.29) is 5.56 Å². The standard InChI is InChI=1S/C13H23N5O/c14-4-5-15-12-10-13(19)18(16-11-12)9-3-8-17-6-1-2-7-17/h10-11,15H,1-9,14H2. The van der Waals surface area contributed by atoms with Gasteiger partial charge in [0.25, 0.3) is 5.56 Å². The zero-order chi connectivity index (χ0) is 13.5. The highest BCUT2D eigenvalue weighted by Gasteiger charge is 2.10. The van der Waals surface area contributed by atoms with Crippen LogP contribution in [-0.4, -0.2) is 47.4 Å². The highest BCUT2D eigenvalue weighted by Crippen LogP contribution is 2.07. The van der Waals surface area contributed by atoms with E-state index in [9.17, 15) is 4.79 Å². The van der Waals surface area contributed by atoms with E-state index in [0.717, 1.165) is 18.7 Å². The summed E-state index contributed by atoms with van der Waals surface area (Å²) in [6, 6.07) is 1.58. The molecule has 6 nitrogen and oxygen atoms in total. The third-order valence-corrected chi connectivity index (χ3v) is 3.39. The summed E-state index contributed by atoms with van der Waals surface area (Å²) < 4.78 is 1.53. The minimum Gasteiger partial charge on any atom is -0.382 e. The van der Waals surface area contributed by atoms with Crippen molar-refractivity contribution >= 4 is 5.69 Å². The molecule has 1 saturated heterocycles. The Kier molecular flexibility index (Phi) is 5.35. The lowest BCUT2D eigenvalue weighted by Crippen LogP contribution is -2.26. The summed E-state index contributed by atoms with van der Waals surface area (Å²) in [5, 5.41) is 7.23. The van der Waals surface area contributed by atoms with Gasteiger partial charge in [-0.05, 0) is 38.9 Å². The van der Waals surface area contributed by atoms with Gasteiger partial charge >= 0.3 is 0 Å². The summed E-state index contributed by atoms with van der Waals surface area (Å²) in [5.74, 6) is 0. The highest BCUT2D eigenvalue weighted by molar-refractivity contribution is 5.38. The molecular weight excluding hydrogens is 242 g/mol. The molecule has 106 valence electrons. The smallest absolute Gasteiger partial charge is 0.268 e. The Bertz CT molecular complexity index is 439. The van der Waals surface area contributed by atoms with Crippen molar-refractivity contribution in [3.63, 3.8) is 0 Å². The van der Waals surface area contributed by atoms with E-state index < -0.39 is 0 Å². The van der Waals surface area contributed by atoms with Gasteiger partial charge in [0.15, 0.2) is 0 Å². The fourth-order valence-corrected chi connectivity index (χ4v) is 2.37. The number of hydrogen-bond acceptors (Lipinski definition) is 5. The van der Waals surface area contributed by atoms with Gasteiger partial charge in [-0.3, -0.25) is 4.79 Å². The second kappa shape index (κ2) is 7.25. The molecule has 3 N–H and O–H groups in total. The van der Waals surface area contributed by atoms with Gasteiger partial charge < -0.3 is 16.0 Å². The number of likely N-dealkylation sites (tertiary alicyclic amines) is 1. The summed E-state index contributed by atoms with van der Waals surface area (Å²) in [6.07, 6.45) is 5.27. The molecule has 2 rings (SSSR count). The molecule has 1 aromatic heterocycles. The van der Waals surface area contributed by atoms with Crippen molar-refractivity contribution in [3.8, 4) is 0 Å². The van der Waals surface area contributed by atoms with Crippen LogP contribution < -0.4 is 16.6 Å². The van der Waals surface area contributed by atoms with E-state index in [1.165, 1.54) is 30.6 Å². The average Bonchev–Trinajstić information content (AvgIpc) is 2.92. The van der Waals surface area contributed by atoms with Crippen LogP contribution in [0.2, 0.25) is 0 Å². The van der Waals surface area contributed by atoms with Crippen LogP contribution in [0.3, 0.4) is 0 Å². The summed E-state index contributed by atoms with van der Waals surface area (Å²) >= 11 is 0. The summed E-state index contributed by atoms with van der Waals surface area (Å²) in [6.45, 7) is 5.33. The number of nitrogens with one attached hydrogen (secondary N) is 1. The van der Waals surface area contributed by atoms with Gasteiger partial charge in [-0.2, -0.15) is 5.10 Å². The maximum atomic E-state index is 11.8. The van der Waals surface area contributed by atoms with E-state index in [1.54, 1.807) is 12.3 Å². The molecule has 1 aliphatic heterocycles. The summed E-state index contributed by atoms with van der Waals surface area (Å²) in [5.41, 5.74) is 6.09. The third-order valence-electron chi connectivity index (χ3n) is 3.39. The Balaban J connectivity index is 1.81. The molecule has 1 aromatic rings. The van der Waals surface area contributed by atoms with Crippen LogP contribution in [0, 0.1) is 0 Å². The van der Waals surface area contributed by atoms with Crippen LogP contribution in [0.1, 0.15) is 19.3 Å². The van der Waals surface area contributed by atoms with E-state index in [2.05, 4.69) is 15.3 Å². The molecule has 0 spiro atoms. The predicted octanol–water partition coefficient (Wildman–Crippen LogP) is 0.0998. The van der Waals surface area contributed by atoms with Crippen molar-refractivity contribution in [2.75, 3.05) is 38.0 Å². The first-order chi connectivity index (χ1) is 9.29. The quantitative estimate of drug-likeness (QED) is 0.731. The van der Waals surface area contributed by atoms with Crippen molar-refractivity contribution in [3.05, 3.63) is 22.6 Å². The van der Waals surface area contributed by atoms with Gasteiger partial charge in [-0.1, -0.05) is 0 Å². The van der Waals surface area contributed by atoms with Crippen LogP contribution >= 0.6 is 0 Å². The van der Waals surface area contributed by atoms with Crippen LogP contribution in [-0.2, 0) is 6.54 Å². The first kappa shape index (κ1) is 14.0. The molecule has 0 radical (unpaired) electrons. The topological polar surface area (TPSA) is 76.2 Å². The molecule has 0 atom stereocenters. The zero-order valence-corrected chi connectivity index (χ0v) is 11.3. The van der Waals surface area contributed by atoms with Crippen molar-refractivity contribution in [2.45, 2.75) is 25.8 Å². The van der Waals surface area contributed by atoms with Gasteiger partial charge in [0.05, 0.1) is 11.9 Å². The molecule has 0 aromatic carbocycles. The number of nitrogens with two attached hydrogens (primary N) is 1. The monoisotopic (exact) mass is 265 g/mol. The van der Waals surface area contributed by atoms with Gasteiger partial charge in [-0.25, -0.2) is 4.68 Å². The van der Waals surface area contributed by atoms with Gasteiger partial charge in [0.1, 0.15) is 0 Å². The molecule has 19 heavy (non-hydrogen) atoms. The first-order valence-electron chi connectivity index (χ1n) is 7.03. The Morgan fingerprint density at radius 3 is 2.79 bits per heavy atom. The minimum atomic E-state index is -0.0524. The summed E-state index contributed by atoms with van der Waals surface area (Å²) in [4.78, 5) is 14.3. The molecule has 2 heterocycles. The number of nitrogens with zero attached hydrogens (tertiary/aromatic N) is 3. The second-order valence-electron chi connectivity index (χ2n) is 4.92. The maximum Gasteiger partial charge on any atom is 0.268 e. The molecule has 1 fully saturated rings. The fourth-order valence-electron chi connectivity index (χ4n) is 2.37. The second-order valence-corrected chi connectivity index (χ2v) is 4.92. The molecule has 0 amide bonds. The molecular formula is C13H23N5O. The Hall–Kier alpha value is -1.40. The van der Waals surface area contributed by atoms with Crippen LogP contribution in [0.25, 0.3) is 0 Å². The largest absolute Gasteiger partial charge is 0.382 e. The maximum absolute atomic E-state index is 11.8. The van der Waals surface area contributed by atoms with Crippen LogP contribution in [0.4, 0.5) is 5.69 Å². The predicted molar refractivity (Wildman–Crippen MR) is 76.3 cm³/mol. The van der Waals surface area contributed by atoms with Crippen molar-refractivity contribution in [1.82, 2.24) is 14.7 Å². The van der Waals surface area contributed by atoms with Gasteiger partial charge in [0, 0.05) is 25.7 Å². The normalized spacial score (nSPS) is 15.8. The molecule has 0 saturated carbocycles. The Morgan fingerprint density at radius 1 is 1.32 bits per heavy atom. The van der Waals surface area contributed by atoms with E-state index >= 15 is 0 Å². The average molecular weight is 265 g/mol. The molecule has 0 aliphatic carbocycles. The number of anilines is 1. The number of aromatic nitrogens is 2. The first-order valence-corrected chi connectivity index (χ1v) is 7.03. The SMILES string of the molecule is NCCNc1cnn(CCCN2CCCC2)c(=O)c1. The lowest BCUT2D eigenvalue weighted by molar-refractivity contribution is 0.320. The molecule has 1 aliphatic rings. The Labute approximate surface area is 113 Å². The molecule has 6 heteroatoms. The fraction of sp³-hybridized carbons (Fsp3) is 0.692. The van der Waals surface area contributed by atoms with Crippen molar-refractivity contribution in [1.29, 1.82) is 0 Å². The van der Waals surface area contributed by atoms with Crippen LogP contribution in [0.5, 0.6) is 0 Å². The highest BCUT2D eigenvalue weighted by atomic mass is 16.1. The van der Waals surface area contributed by atoms with E-state index in [4.69, 9.17) is 5.73 Å². The van der Waals surface area contributed by atoms with Crippen LogP contribution in [0.15, 0.2) is 17.1 Å². The zero-order valence-electron chi connectivity index (χ0n) is 11.3. The van der Waals surface area contributed by atoms with Crippen molar-refractivity contribution < 1.29 is 0 Å². The molecule has 0 unspecified atom stereocenters. The van der Waals surface area contributed by atoms with Gasteiger partial charge in [0.2, 0.25) is 0 Å². The number of aryl methyl sites for hydroxylation is 1. The minimum absolute atomic E-state index is 0.0524. The Morgan fingerprint density at radius 2 is 2.11 bits per heavy atom. The lowest BCUT2D eigenvalue weighted by Gasteiger charge is -2.14. The van der Waals surface area contributed by atoms with E-state index in [1.807, 2.05) is 0 Å². The van der Waals surface area contributed by atoms with Gasteiger partial charge in [-0.15, -0.1) is 0 Å². The number of hydrogen-bond donors (Lipinski definition) is 2. The lowest BCUT2D eigenvalue weighted by atomic mass is 10.4. The van der Waals surface area contributed by atoms with E-state index in [0.29, 0.717) is 19.6 Å². The number of rotatable bonds is 7. The molecule has 0 bridgehead atoms.